The van der Waals surface area contributed by atoms with Gasteiger partial charge in [-0.1, -0.05) is 12.1 Å². The van der Waals surface area contributed by atoms with Gasteiger partial charge in [0.1, 0.15) is 17.9 Å². The predicted octanol–water partition coefficient (Wildman–Crippen LogP) is 5.02. The van der Waals surface area contributed by atoms with Gasteiger partial charge in [-0.25, -0.2) is 14.7 Å². The van der Waals surface area contributed by atoms with E-state index >= 15 is 0 Å². The molecule has 41 heavy (non-hydrogen) atoms. The van der Waals surface area contributed by atoms with Crippen molar-refractivity contribution in [1.82, 2.24) is 19.4 Å². The average molecular weight is 567 g/mol. The molecule has 10 nitrogen and oxygen atoms in total. The van der Waals surface area contributed by atoms with Crippen molar-refractivity contribution in [1.29, 1.82) is 0 Å². The monoisotopic (exact) mass is 566 g/mol. The number of carbonyl (C=O) groups excluding carboxylic acids is 3. The van der Waals surface area contributed by atoms with Crippen molar-refractivity contribution < 1.29 is 32.3 Å². The highest BCUT2D eigenvalue weighted by Crippen LogP contribution is 2.38. The van der Waals surface area contributed by atoms with Crippen LogP contribution in [0, 0.1) is 6.92 Å². The molecule has 4 aromatic rings. The van der Waals surface area contributed by atoms with Gasteiger partial charge in [-0.15, -0.1) is 13.2 Å². The zero-order chi connectivity index (χ0) is 29.5. The smallest absolute Gasteiger partial charge is 0.404 e. The fraction of sp³-hybridized carbons (Fsp3) is 0.250. The number of pyridine rings is 1. The van der Waals surface area contributed by atoms with Crippen LogP contribution in [0.4, 0.5) is 29.3 Å². The molecule has 2 aromatic carbocycles. The van der Waals surface area contributed by atoms with Crippen LogP contribution in [0.1, 0.15) is 25.2 Å². The van der Waals surface area contributed by atoms with E-state index in [2.05, 4.69) is 20.0 Å². The highest BCUT2D eigenvalue weighted by Gasteiger charge is 2.52. The molecule has 212 valence electrons. The molecule has 1 aliphatic heterocycles. The number of nitrogens with zero attached hydrogens (tertiary/aromatic N) is 5. The molecule has 1 aliphatic rings. The van der Waals surface area contributed by atoms with Crippen LogP contribution in [0.15, 0.2) is 67.0 Å². The maximum Gasteiger partial charge on any atom is 0.573 e. The van der Waals surface area contributed by atoms with E-state index in [0.717, 1.165) is 28.7 Å². The molecule has 0 bridgehead atoms. The van der Waals surface area contributed by atoms with E-state index in [1.165, 1.54) is 4.90 Å². The molecule has 4 amide bonds. The molecule has 2 aromatic heterocycles. The first-order chi connectivity index (χ1) is 19.3. The third-order valence-electron chi connectivity index (χ3n) is 6.78. The van der Waals surface area contributed by atoms with Gasteiger partial charge >= 0.3 is 12.4 Å². The van der Waals surface area contributed by atoms with E-state index < -0.39 is 35.5 Å². The number of amides is 4. The van der Waals surface area contributed by atoms with Crippen LogP contribution < -0.4 is 15.0 Å². The van der Waals surface area contributed by atoms with E-state index in [-0.39, 0.29) is 24.5 Å². The van der Waals surface area contributed by atoms with Gasteiger partial charge in [0.05, 0.1) is 22.4 Å². The number of imidazole rings is 1. The van der Waals surface area contributed by atoms with E-state index in [9.17, 15) is 27.6 Å². The first kappa shape index (κ1) is 27.6. The van der Waals surface area contributed by atoms with Gasteiger partial charge in [-0.3, -0.25) is 14.6 Å². The molecule has 0 spiro atoms. The summed E-state index contributed by atoms with van der Waals surface area (Å²) in [4.78, 5) is 50.5. The molecular formula is C28H25F3N6O4. The number of hydrogen-bond acceptors (Lipinski definition) is 6. The summed E-state index contributed by atoms with van der Waals surface area (Å²) in [6.45, 7) is 4.71. The molecule has 5 rings (SSSR count). The van der Waals surface area contributed by atoms with Crippen molar-refractivity contribution in [3.05, 3.63) is 78.4 Å². The van der Waals surface area contributed by atoms with Crippen LogP contribution in [0.5, 0.6) is 5.75 Å². The number of imide groups is 1. The Balaban J connectivity index is 1.46. The second-order valence-corrected chi connectivity index (χ2v) is 9.93. The standard InChI is InChI=1S/C28H25F3N6O4/c1-17-33-20-6-4-5-7-22(20)35(17)16-24(38)34-21-14-19(8-9-23(21)41-28(29,30)31)37-25(39)27(2,3)36(26(37)40)15-18-10-12-32-13-11-18/h4-14H,15-16H2,1-3H3,(H,34,38). The normalized spacial score (nSPS) is 15.1. The van der Waals surface area contributed by atoms with Crippen LogP contribution >= 0.6 is 0 Å². The number of fused-ring (bicyclic) bond motifs is 1. The summed E-state index contributed by atoms with van der Waals surface area (Å²) >= 11 is 0. The fourth-order valence-corrected chi connectivity index (χ4v) is 4.70. The number of carbonyl (C=O) groups is 3. The summed E-state index contributed by atoms with van der Waals surface area (Å²) in [5.41, 5.74) is 0.416. The number of rotatable bonds is 7. The van der Waals surface area contributed by atoms with Gasteiger partial charge in [0.15, 0.2) is 5.75 Å². The first-order valence-electron chi connectivity index (χ1n) is 12.5. The Kier molecular flexibility index (Phi) is 6.89. The van der Waals surface area contributed by atoms with Crippen molar-refractivity contribution in [2.75, 3.05) is 10.2 Å². The van der Waals surface area contributed by atoms with Gasteiger partial charge in [-0.05, 0) is 68.8 Å². The Hall–Kier alpha value is -4.94. The van der Waals surface area contributed by atoms with Gasteiger partial charge < -0.3 is 19.5 Å². The summed E-state index contributed by atoms with van der Waals surface area (Å²) in [6, 6.07) is 13.1. The summed E-state index contributed by atoms with van der Waals surface area (Å²) < 4.78 is 45.4. The largest absolute Gasteiger partial charge is 0.573 e. The molecule has 0 radical (unpaired) electrons. The second-order valence-electron chi connectivity index (χ2n) is 9.93. The molecule has 1 fully saturated rings. The number of aryl methyl sites for hydroxylation is 1. The Bertz CT molecular complexity index is 1650. The SMILES string of the molecule is Cc1nc2ccccc2n1CC(=O)Nc1cc(N2C(=O)N(Cc3ccncc3)C(C)(C)C2=O)ccc1OC(F)(F)F. The average Bonchev–Trinajstić information content (AvgIpc) is 3.30. The van der Waals surface area contributed by atoms with Crippen LogP contribution in [-0.4, -0.2) is 49.2 Å². The summed E-state index contributed by atoms with van der Waals surface area (Å²) in [5.74, 6) is -1.42. The number of halogens is 3. The van der Waals surface area contributed by atoms with Crippen molar-refractivity contribution in [3.8, 4) is 5.75 Å². The lowest BCUT2D eigenvalue weighted by Gasteiger charge is -2.27. The molecule has 0 atom stereocenters. The molecule has 0 aliphatic carbocycles. The van der Waals surface area contributed by atoms with Crippen molar-refractivity contribution in [3.63, 3.8) is 0 Å². The minimum Gasteiger partial charge on any atom is -0.404 e. The summed E-state index contributed by atoms with van der Waals surface area (Å²) in [6.07, 6.45) is -1.93. The highest BCUT2D eigenvalue weighted by molar-refractivity contribution is 6.23. The van der Waals surface area contributed by atoms with E-state index in [0.29, 0.717) is 16.9 Å². The Labute approximate surface area is 232 Å². The lowest BCUT2D eigenvalue weighted by Crippen LogP contribution is -2.43. The Morgan fingerprint density at radius 3 is 2.46 bits per heavy atom. The number of para-hydroxylation sites is 2. The van der Waals surface area contributed by atoms with Crippen molar-refractivity contribution in [2.45, 2.75) is 45.8 Å². The number of ether oxygens (including phenoxy) is 1. The van der Waals surface area contributed by atoms with Crippen LogP contribution in [0.3, 0.4) is 0 Å². The Morgan fingerprint density at radius 1 is 1.05 bits per heavy atom. The number of aromatic nitrogens is 3. The zero-order valence-electron chi connectivity index (χ0n) is 22.3. The lowest BCUT2D eigenvalue weighted by molar-refractivity contribution is -0.274. The number of alkyl halides is 3. The topological polar surface area (TPSA) is 110 Å². The molecule has 0 saturated carbocycles. The second kappa shape index (κ2) is 10.2. The van der Waals surface area contributed by atoms with Crippen LogP contribution in [0.25, 0.3) is 11.0 Å². The van der Waals surface area contributed by atoms with Gasteiger partial charge in [0.25, 0.3) is 5.91 Å². The number of anilines is 2. The minimum atomic E-state index is -5.05. The molecule has 0 unspecified atom stereocenters. The predicted molar refractivity (Wildman–Crippen MR) is 143 cm³/mol. The number of urea groups is 1. The zero-order valence-corrected chi connectivity index (χ0v) is 22.3. The minimum absolute atomic E-state index is 0.0283. The summed E-state index contributed by atoms with van der Waals surface area (Å²) in [7, 11) is 0. The van der Waals surface area contributed by atoms with E-state index in [1.54, 1.807) is 74.1 Å². The molecule has 1 saturated heterocycles. The van der Waals surface area contributed by atoms with E-state index in [4.69, 9.17) is 0 Å². The summed E-state index contributed by atoms with van der Waals surface area (Å²) in [5, 5.41) is 2.45. The van der Waals surface area contributed by atoms with E-state index in [1.807, 2.05) is 0 Å². The molecule has 13 heteroatoms. The van der Waals surface area contributed by atoms with Gasteiger partial charge in [0, 0.05) is 18.9 Å². The number of nitrogens with one attached hydrogen (secondary N) is 1. The van der Waals surface area contributed by atoms with Gasteiger partial charge in [-0.2, -0.15) is 0 Å². The highest BCUT2D eigenvalue weighted by atomic mass is 19.4. The third kappa shape index (κ3) is 5.42. The molecule has 1 N–H and O–H groups in total. The van der Waals surface area contributed by atoms with Gasteiger partial charge in [0.2, 0.25) is 5.91 Å². The van der Waals surface area contributed by atoms with Crippen molar-refractivity contribution in [2.24, 2.45) is 0 Å². The number of benzene rings is 2. The maximum absolute atomic E-state index is 13.5. The van der Waals surface area contributed by atoms with Crippen LogP contribution in [0.2, 0.25) is 0 Å². The lowest BCUT2D eigenvalue weighted by atomic mass is 10.0. The molecule has 3 heterocycles. The number of hydrogen-bond donors (Lipinski definition) is 1. The molecular weight excluding hydrogens is 541 g/mol. The van der Waals surface area contributed by atoms with Crippen LogP contribution in [-0.2, 0) is 22.7 Å². The Morgan fingerprint density at radius 2 is 1.76 bits per heavy atom. The quantitative estimate of drug-likeness (QED) is 0.315. The third-order valence-corrected chi connectivity index (χ3v) is 6.78. The van der Waals surface area contributed by atoms with Crippen molar-refractivity contribution >= 4 is 40.3 Å². The first-order valence-corrected chi connectivity index (χ1v) is 12.5. The fourth-order valence-electron chi connectivity index (χ4n) is 4.70. The maximum atomic E-state index is 13.5.